The lowest BCUT2D eigenvalue weighted by atomic mass is 10.1. The summed E-state index contributed by atoms with van der Waals surface area (Å²) in [5, 5.41) is 20.2. The molecule has 0 spiro atoms. The second kappa shape index (κ2) is 5.33. The molecule has 0 atom stereocenters. The third kappa shape index (κ3) is 2.82. The molecular formula is C14H17N3O4. The summed E-state index contributed by atoms with van der Waals surface area (Å²) >= 11 is 0. The summed E-state index contributed by atoms with van der Waals surface area (Å²) < 4.78 is 0. The van der Waals surface area contributed by atoms with Gasteiger partial charge in [-0.25, -0.2) is 4.79 Å². The number of non-ortho nitro benzene ring substituents is 1. The number of nitro benzene ring substituents is 1. The fraction of sp³-hybridized carbons (Fsp3) is 0.500. The van der Waals surface area contributed by atoms with E-state index in [2.05, 4.69) is 4.90 Å². The van der Waals surface area contributed by atoms with Crippen molar-refractivity contribution in [2.45, 2.75) is 18.9 Å². The molecule has 2 aliphatic rings. The first-order chi connectivity index (χ1) is 10.1. The average Bonchev–Trinajstić information content (AvgIpc) is 3.31. The summed E-state index contributed by atoms with van der Waals surface area (Å²) in [5.74, 6) is -1.05. The number of carboxylic acid groups (broad SMARTS) is 1. The van der Waals surface area contributed by atoms with Crippen molar-refractivity contribution < 1.29 is 14.8 Å². The standard InChI is InChI=1S/C14H17N3O4/c18-14(19)12-4-3-11(17(20)21)9-13(12)16-7-5-15(6-8-16)10-1-2-10/h3-4,9-10H,1-2,5-8H2,(H,18,19). The Hall–Kier alpha value is -2.15. The maximum atomic E-state index is 11.3. The van der Waals surface area contributed by atoms with Crippen molar-refractivity contribution in [2.24, 2.45) is 0 Å². The average molecular weight is 291 g/mol. The monoisotopic (exact) mass is 291 g/mol. The number of piperazine rings is 1. The molecule has 1 aliphatic carbocycles. The van der Waals surface area contributed by atoms with E-state index in [1.807, 2.05) is 4.90 Å². The van der Waals surface area contributed by atoms with Gasteiger partial charge in [-0.3, -0.25) is 15.0 Å². The van der Waals surface area contributed by atoms with Gasteiger partial charge in [-0.15, -0.1) is 0 Å². The molecule has 0 unspecified atom stereocenters. The van der Waals surface area contributed by atoms with Gasteiger partial charge in [0, 0.05) is 44.4 Å². The minimum Gasteiger partial charge on any atom is -0.478 e. The zero-order valence-electron chi connectivity index (χ0n) is 11.6. The van der Waals surface area contributed by atoms with Crippen molar-refractivity contribution in [1.82, 2.24) is 4.90 Å². The number of rotatable bonds is 4. The Morgan fingerprint density at radius 1 is 1.24 bits per heavy atom. The molecule has 0 radical (unpaired) electrons. The van der Waals surface area contributed by atoms with Crippen LogP contribution in [0.5, 0.6) is 0 Å². The second-order valence-corrected chi connectivity index (χ2v) is 5.52. The van der Waals surface area contributed by atoms with Gasteiger partial charge in [-0.2, -0.15) is 0 Å². The van der Waals surface area contributed by atoms with Crippen molar-refractivity contribution in [3.05, 3.63) is 33.9 Å². The van der Waals surface area contributed by atoms with E-state index >= 15 is 0 Å². The van der Waals surface area contributed by atoms with E-state index in [0.717, 1.165) is 13.1 Å². The van der Waals surface area contributed by atoms with E-state index in [4.69, 9.17) is 0 Å². The summed E-state index contributed by atoms with van der Waals surface area (Å²) in [4.78, 5) is 26.1. The Morgan fingerprint density at radius 3 is 2.43 bits per heavy atom. The van der Waals surface area contributed by atoms with Crippen LogP contribution in [0.1, 0.15) is 23.2 Å². The lowest BCUT2D eigenvalue weighted by molar-refractivity contribution is -0.384. The molecule has 3 rings (SSSR count). The van der Waals surface area contributed by atoms with Gasteiger partial charge in [0.15, 0.2) is 0 Å². The fourth-order valence-electron chi connectivity index (χ4n) is 2.84. The summed E-state index contributed by atoms with van der Waals surface area (Å²) in [6.07, 6.45) is 2.49. The number of aromatic carboxylic acids is 1. The summed E-state index contributed by atoms with van der Waals surface area (Å²) in [6.45, 7) is 3.18. The molecule has 0 amide bonds. The molecule has 1 aromatic rings. The molecule has 112 valence electrons. The van der Waals surface area contributed by atoms with Crippen molar-refractivity contribution in [2.75, 3.05) is 31.1 Å². The first-order valence-corrected chi connectivity index (χ1v) is 7.07. The van der Waals surface area contributed by atoms with Crippen LogP contribution in [0.15, 0.2) is 18.2 Å². The topological polar surface area (TPSA) is 86.9 Å². The molecule has 1 saturated carbocycles. The molecule has 2 fully saturated rings. The maximum absolute atomic E-state index is 11.3. The van der Waals surface area contributed by atoms with Gasteiger partial charge in [-0.1, -0.05) is 0 Å². The molecular weight excluding hydrogens is 274 g/mol. The number of hydrogen-bond acceptors (Lipinski definition) is 5. The zero-order chi connectivity index (χ0) is 15.0. The number of carboxylic acids is 1. The minimum atomic E-state index is -1.05. The number of carbonyl (C=O) groups is 1. The smallest absolute Gasteiger partial charge is 0.337 e. The minimum absolute atomic E-state index is 0.0698. The molecule has 0 bridgehead atoms. The largest absolute Gasteiger partial charge is 0.478 e. The summed E-state index contributed by atoms with van der Waals surface area (Å²) in [6, 6.07) is 4.63. The number of anilines is 1. The lowest BCUT2D eigenvalue weighted by Gasteiger charge is -2.36. The van der Waals surface area contributed by atoms with Crippen LogP contribution in [0, 0.1) is 10.1 Å². The highest BCUT2D eigenvalue weighted by molar-refractivity contribution is 5.95. The van der Waals surface area contributed by atoms with E-state index in [1.54, 1.807) is 0 Å². The molecule has 7 nitrogen and oxygen atoms in total. The Balaban J connectivity index is 1.83. The Morgan fingerprint density at radius 2 is 1.90 bits per heavy atom. The van der Waals surface area contributed by atoms with Crippen molar-refractivity contribution in [3.63, 3.8) is 0 Å². The van der Waals surface area contributed by atoms with Gasteiger partial charge in [0.25, 0.3) is 5.69 Å². The van der Waals surface area contributed by atoms with Crippen LogP contribution in [0.4, 0.5) is 11.4 Å². The highest BCUT2D eigenvalue weighted by Crippen LogP contribution is 2.31. The third-order valence-corrected chi connectivity index (χ3v) is 4.14. The van der Waals surface area contributed by atoms with Crippen molar-refractivity contribution >= 4 is 17.3 Å². The van der Waals surface area contributed by atoms with Crippen LogP contribution < -0.4 is 4.90 Å². The van der Waals surface area contributed by atoms with E-state index in [-0.39, 0.29) is 11.3 Å². The Kier molecular flexibility index (Phi) is 3.50. The summed E-state index contributed by atoms with van der Waals surface area (Å²) in [5.41, 5.74) is 0.507. The highest BCUT2D eigenvalue weighted by Gasteiger charge is 2.32. The van der Waals surface area contributed by atoms with Gasteiger partial charge < -0.3 is 10.0 Å². The maximum Gasteiger partial charge on any atom is 0.337 e. The molecule has 1 N–H and O–H groups in total. The van der Waals surface area contributed by atoms with Crippen LogP contribution in [-0.4, -0.2) is 53.1 Å². The van der Waals surface area contributed by atoms with Gasteiger partial charge in [-0.05, 0) is 18.9 Å². The Bertz CT molecular complexity index is 578. The van der Waals surface area contributed by atoms with Crippen LogP contribution >= 0.6 is 0 Å². The highest BCUT2D eigenvalue weighted by atomic mass is 16.6. The van der Waals surface area contributed by atoms with Crippen molar-refractivity contribution in [3.8, 4) is 0 Å². The van der Waals surface area contributed by atoms with E-state index < -0.39 is 10.9 Å². The molecule has 1 aliphatic heterocycles. The first-order valence-electron chi connectivity index (χ1n) is 7.07. The molecule has 1 heterocycles. The quantitative estimate of drug-likeness (QED) is 0.669. The lowest BCUT2D eigenvalue weighted by Crippen LogP contribution is -2.47. The molecule has 21 heavy (non-hydrogen) atoms. The van der Waals surface area contributed by atoms with Crippen LogP contribution in [0.25, 0.3) is 0 Å². The predicted octanol–water partition coefficient (Wildman–Crippen LogP) is 1.58. The van der Waals surface area contributed by atoms with Crippen molar-refractivity contribution in [1.29, 1.82) is 0 Å². The van der Waals surface area contributed by atoms with Crippen LogP contribution in [0.2, 0.25) is 0 Å². The number of nitrogens with zero attached hydrogens (tertiary/aromatic N) is 3. The second-order valence-electron chi connectivity index (χ2n) is 5.52. The van der Waals surface area contributed by atoms with Crippen LogP contribution in [-0.2, 0) is 0 Å². The molecule has 0 aromatic heterocycles. The number of nitro groups is 1. The first kappa shape index (κ1) is 13.8. The molecule has 7 heteroatoms. The molecule has 1 aromatic carbocycles. The SMILES string of the molecule is O=C(O)c1ccc([N+](=O)[O-])cc1N1CCN(C2CC2)CC1. The van der Waals surface area contributed by atoms with E-state index in [9.17, 15) is 20.0 Å². The van der Waals surface area contributed by atoms with Crippen LogP contribution in [0.3, 0.4) is 0 Å². The fourth-order valence-corrected chi connectivity index (χ4v) is 2.84. The zero-order valence-corrected chi connectivity index (χ0v) is 11.6. The van der Waals surface area contributed by atoms with Gasteiger partial charge in [0.05, 0.1) is 16.2 Å². The van der Waals surface area contributed by atoms with Gasteiger partial charge in [0.2, 0.25) is 0 Å². The molecule has 1 saturated heterocycles. The number of benzene rings is 1. The predicted molar refractivity (Wildman–Crippen MR) is 76.9 cm³/mol. The third-order valence-electron chi connectivity index (χ3n) is 4.14. The normalized spacial score (nSPS) is 19.5. The van der Waals surface area contributed by atoms with E-state index in [1.165, 1.54) is 31.0 Å². The van der Waals surface area contributed by atoms with Gasteiger partial charge in [0.1, 0.15) is 0 Å². The Labute approximate surface area is 121 Å². The van der Waals surface area contributed by atoms with E-state index in [0.29, 0.717) is 24.8 Å². The summed E-state index contributed by atoms with van der Waals surface area (Å²) in [7, 11) is 0. The van der Waals surface area contributed by atoms with Gasteiger partial charge >= 0.3 is 5.97 Å². The number of hydrogen-bond donors (Lipinski definition) is 1.